The van der Waals surface area contributed by atoms with Crippen LogP contribution in [0.4, 0.5) is 0 Å². The molecule has 0 aliphatic rings. The summed E-state index contributed by atoms with van der Waals surface area (Å²) in [4.78, 5) is 10.3. The molecular weight excluding hydrogens is 156 g/mol. The summed E-state index contributed by atoms with van der Waals surface area (Å²) in [5.41, 5.74) is 0. The van der Waals surface area contributed by atoms with Gasteiger partial charge in [-0.25, -0.2) is 0 Å². The summed E-state index contributed by atoms with van der Waals surface area (Å²) in [6.07, 6.45) is 0.0103. The number of hydrogen-bond acceptors (Lipinski definition) is 2. The average Bonchev–Trinajstić information content (AvgIpc) is 1.84. The first kappa shape index (κ1) is 11.4. The van der Waals surface area contributed by atoms with Gasteiger partial charge in [-0.1, -0.05) is 13.8 Å². The lowest BCUT2D eigenvalue weighted by molar-refractivity contribution is -0.141. The molecule has 0 saturated heterocycles. The lowest BCUT2D eigenvalue weighted by Crippen LogP contribution is -2.23. The van der Waals surface area contributed by atoms with E-state index >= 15 is 0 Å². The maximum atomic E-state index is 10.3. The van der Waals surface area contributed by atoms with Crippen LogP contribution in [0.3, 0.4) is 0 Å². The summed E-state index contributed by atoms with van der Waals surface area (Å²) in [6.45, 7) is 7.85. The van der Waals surface area contributed by atoms with Gasteiger partial charge >= 0.3 is 5.97 Å². The van der Waals surface area contributed by atoms with Gasteiger partial charge in [0.1, 0.15) is 0 Å². The predicted octanol–water partition coefficient (Wildman–Crippen LogP) is 1.91. The standard InChI is InChI=1S/C9H18O3/c1-6(2)8(4)12-7(3)5-9(10)11/h6-8H,5H2,1-4H3,(H,10,11)/t7-,8?/m1/s1. The predicted molar refractivity (Wildman–Crippen MR) is 47.1 cm³/mol. The molecule has 0 aromatic carbocycles. The first-order valence-electron chi connectivity index (χ1n) is 4.30. The van der Waals surface area contributed by atoms with E-state index in [1.165, 1.54) is 0 Å². The van der Waals surface area contributed by atoms with Crippen LogP contribution < -0.4 is 0 Å². The lowest BCUT2D eigenvalue weighted by atomic mass is 10.1. The molecule has 0 radical (unpaired) electrons. The first-order valence-corrected chi connectivity index (χ1v) is 4.30. The van der Waals surface area contributed by atoms with Gasteiger partial charge in [0, 0.05) is 0 Å². The largest absolute Gasteiger partial charge is 0.481 e. The smallest absolute Gasteiger partial charge is 0.305 e. The van der Waals surface area contributed by atoms with Crippen LogP contribution in [0.5, 0.6) is 0 Å². The maximum absolute atomic E-state index is 10.3. The van der Waals surface area contributed by atoms with E-state index in [1.54, 1.807) is 6.92 Å². The van der Waals surface area contributed by atoms with E-state index in [9.17, 15) is 4.79 Å². The van der Waals surface area contributed by atoms with E-state index < -0.39 is 5.97 Å². The zero-order valence-electron chi connectivity index (χ0n) is 8.20. The monoisotopic (exact) mass is 174 g/mol. The van der Waals surface area contributed by atoms with Crippen molar-refractivity contribution >= 4 is 5.97 Å². The Morgan fingerprint density at radius 2 is 1.83 bits per heavy atom. The molecule has 0 aliphatic carbocycles. The molecule has 0 aromatic rings. The Kier molecular flexibility index (Phi) is 4.90. The van der Waals surface area contributed by atoms with Crippen molar-refractivity contribution in [3.05, 3.63) is 0 Å². The summed E-state index contributed by atoms with van der Waals surface area (Å²) in [7, 11) is 0. The summed E-state index contributed by atoms with van der Waals surface area (Å²) in [5.74, 6) is -0.375. The van der Waals surface area contributed by atoms with Crippen molar-refractivity contribution in [2.75, 3.05) is 0 Å². The summed E-state index contributed by atoms with van der Waals surface area (Å²) in [5, 5.41) is 8.46. The molecule has 1 N–H and O–H groups in total. The van der Waals surface area contributed by atoms with E-state index in [4.69, 9.17) is 9.84 Å². The highest BCUT2D eigenvalue weighted by molar-refractivity contribution is 5.67. The molecule has 0 aliphatic heterocycles. The van der Waals surface area contributed by atoms with Crippen molar-refractivity contribution in [1.29, 1.82) is 0 Å². The maximum Gasteiger partial charge on any atom is 0.305 e. The van der Waals surface area contributed by atoms with Crippen LogP contribution in [0.15, 0.2) is 0 Å². The molecule has 0 aromatic heterocycles. The van der Waals surface area contributed by atoms with Crippen LogP contribution in [0, 0.1) is 5.92 Å². The molecule has 3 heteroatoms. The molecule has 0 heterocycles. The van der Waals surface area contributed by atoms with Gasteiger partial charge in [-0.2, -0.15) is 0 Å². The van der Waals surface area contributed by atoms with Gasteiger partial charge in [-0.15, -0.1) is 0 Å². The zero-order chi connectivity index (χ0) is 9.72. The second-order valence-corrected chi connectivity index (χ2v) is 3.49. The van der Waals surface area contributed by atoms with Crippen LogP contribution in [0.2, 0.25) is 0 Å². The summed E-state index contributed by atoms with van der Waals surface area (Å²) >= 11 is 0. The Morgan fingerprint density at radius 1 is 1.33 bits per heavy atom. The van der Waals surface area contributed by atoms with Crippen molar-refractivity contribution in [3.8, 4) is 0 Å². The molecule has 72 valence electrons. The fourth-order valence-corrected chi connectivity index (χ4v) is 0.818. The number of carboxylic acid groups (broad SMARTS) is 1. The molecule has 2 atom stereocenters. The van der Waals surface area contributed by atoms with Crippen molar-refractivity contribution in [1.82, 2.24) is 0 Å². The molecule has 0 bridgehead atoms. The van der Waals surface area contributed by atoms with E-state index in [2.05, 4.69) is 13.8 Å². The quantitative estimate of drug-likeness (QED) is 0.692. The van der Waals surface area contributed by atoms with Crippen LogP contribution in [-0.4, -0.2) is 23.3 Å². The third-order valence-electron chi connectivity index (χ3n) is 1.85. The number of rotatable bonds is 5. The minimum Gasteiger partial charge on any atom is -0.481 e. The SMILES string of the molecule is CC(C)C(C)O[C@H](C)CC(=O)O. The number of aliphatic carboxylic acids is 1. The second kappa shape index (κ2) is 5.14. The van der Waals surface area contributed by atoms with Gasteiger partial charge in [-0.3, -0.25) is 4.79 Å². The number of hydrogen-bond donors (Lipinski definition) is 1. The van der Waals surface area contributed by atoms with E-state index in [1.807, 2.05) is 6.92 Å². The second-order valence-electron chi connectivity index (χ2n) is 3.49. The van der Waals surface area contributed by atoms with Crippen LogP contribution in [0.25, 0.3) is 0 Å². The van der Waals surface area contributed by atoms with Gasteiger partial charge < -0.3 is 9.84 Å². The van der Waals surface area contributed by atoms with Crippen molar-refractivity contribution in [2.45, 2.75) is 46.3 Å². The zero-order valence-corrected chi connectivity index (χ0v) is 8.20. The Morgan fingerprint density at radius 3 is 2.17 bits per heavy atom. The molecule has 3 nitrogen and oxygen atoms in total. The van der Waals surface area contributed by atoms with Gasteiger partial charge in [0.15, 0.2) is 0 Å². The van der Waals surface area contributed by atoms with Crippen LogP contribution >= 0.6 is 0 Å². The fourth-order valence-electron chi connectivity index (χ4n) is 0.818. The molecule has 1 unspecified atom stereocenters. The minimum absolute atomic E-state index is 0.0804. The highest BCUT2D eigenvalue weighted by Gasteiger charge is 2.14. The Bertz CT molecular complexity index is 143. The highest BCUT2D eigenvalue weighted by Crippen LogP contribution is 2.09. The number of carboxylic acids is 1. The molecule has 0 fully saturated rings. The molecule has 0 saturated carbocycles. The average molecular weight is 174 g/mol. The van der Waals surface area contributed by atoms with E-state index in [0.717, 1.165) is 0 Å². The third-order valence-corrected chi connectivity index (χ3v) is 1.85. The highest BCUT2D eigenvalue weighted by atomic mass is 16.5. The molecule has 0 spiro atoms. The van der Waals surface area contributed by atoms with Gasteiger partial charge in [0.25, 0.3) is 0 Å². The first-order chi connectivity index (χ1) is 5.43. The normalized spacial score (nSPS) is 16.1. The van der Waals surface area contributed by atoms with Crippen molar-refractivity contribution < 1.29 is 14.6 Å². The Hall–Kier alpha value is -0.570. The van der Waals surface area contributed by atoms with Gasteiger partial charge in [0.2, 0.25) is 0 Å². The molecule has 12 heavy (non-hydrogen) atoms. The van der Waals surface area contributed by atoms with E-state index in [0.29, 0.717) is 5.92 Å². The van der Waals surface area contributed by atoms with Crippen molar-refractivity contribution in [3.63, 3.8) is 0 Å². The Labute approximate surface area is 73.7 Å². The topological polar surface area (TPSA) is 46.5 Å². The van der Waals surface area contributed by atoms with Crippen LogP contribution in [0.1, 0.15) is 34.1 Å². The molecular formula is C9H18O3. The third kappa shape index (κ3) is 5.13. The van der Waals surface area contributed by atoms with Gasteiger partial charge in [-0.05, 0) is 19.8 Å². The summed E-state index contributed by atoms with van der Waals surface area (Å²) in [6, 6.07) is 0. The lowest BCUT2D eigenvalue weighted by Gasteiger charge is -2.20. The van der Waals surface area contributed by atoms with E-state index in [-0.39, 0.29) is 18.6 Å². The van der Waals surface area contributed by atoms with Crippen molar-refractivity contribution in [2.24, 2.45) is 5.92 Å². The summed E-state index contributed by atoms with van der Waals surface area (Å²) < 4.78 is 5.44. The fraction of sp³-hybridized carbons (Fsp3) is 0.889. The Balaban J connectivity index is 3.68. The van der Waals surface area contributed by atoms with Gasteiger partial charge in [0.05, 0.1) is 18.6 Å². The minimum atomic E-state index is -0.807. The number of ether oxygens (including phenoxy) is 1. The molecule has 0 amide bonds. The van der Waals surface area contributed by atoms with Crippen LogP contribution in [-0.2, 0) is 9.53 Å². The number of carbonyl (C=O) groups is 1. The molecule has 0 rings (SSSR count).